The Balaban J connectivity index is 3.69. The van der Waals surface area contributed by atoms with Crippen molar-refractivity contribution < 1.29 is 14.7 Å². The normalized spacial score (nSPS) is 9.47. The van der Waals surface area contributed by atoms with Gasteiger partial charge in [0.05, 0.1) is 6.54 Å². The van der Waals surface area contributed by atoms with E-state index in [0.717, 1.165) is 0 Å². The topological polar surface area (TPSA) is 69.6 Å². The van der Waals surface area contributed by atoms with Gasteiger partial charge in [-0.3, -0.25) is 4.79 Å². The molecule has 0 aromatic heterocycles. The minimum atomic E-state index is -0.849. The summed E-state index contributed by atoms with van der Waals surface area (Å²) < 4.78 is 0.690. The molecule has 5 nitrogen and oxygen atoms in total. The number of nitrogens with one attached hydrogen (secondary N) is 1. The lowest BCUT2D eigenvalue weighted by molar-refractivity contribution is -0.137. The molecule has 0 unspecified atom stereocenters. The molecule has 0 aromatic carbocycles. The molecular weight excluding hydrogens is 264 g/mol. The van der Waals surface area contributed by atoms with Crippen molar-refractivity contribution in [3.05, 3.63) is 11.1 Å². The van der Waals surface area contributed by atoms with Crippen molar-refractivity contribution in [3.63, 3.8) is 0 Å². The smallest absolute Gasteiger partial charge is 0.317 e. The summed E-state index contributed by atoms with van der Waals surface area (Å²) in [5.74, 6) is -0.849. The maximum atomic E-state index is 11.3. The van der Waals surface area contributed by atoms with Crippen LogP contribution in [0.2, 0.25) is 0 Å². The van der Waals surface area contributed by atoms with Crippen molar-refractivity contribution in [2.45, 2.75) is 12.8 Å². The van der Waals surface area contributed by atoms with Crippen LogP contribution in [-0.4, -0.2) is 42.1 Å². The fraction of sp³-hybridized carbons (Fsp3) is 0.556. The van der Waals surface area contributed by atoms with E-state index < -0.39 is 5.97 Å². The monoisotopic (exact) mass is 278 g/mol. The van der Waals surface area contributed by atoms with Crippen LogP contribution in [-0.2, 0) is 4.79 Å². The summed E-state index contributed by atoms with van der Waals surface area (Å²) in [6.45, 7) is 4.36. The Morgan fingerprint density at radius 2 is 2.13 bits per heavy atom. The average Bonchev–Trinajstić information content (AvgIpc) is 2.13. The second-order valence-electron chi connectivity index (χ2n) is 3.09. The number of rotatable bonds is 6. The van der Waals surface area contributed by atoms with Crippen molar-refractivity contribution in [1.29, 1.82) is 0 Å². The Bertz CT molecular complexity index is 256. The van der Waals surface area contributed by atoms with Crippen molar-refractivity contribution >= 4 is 27.9 Å². The Morgan fingerprint density at radius 3 is 2.60 bits per heavy atom. The molecular formula is C9H15BrN2O3. The van der Waals surface area contributed by atoms with E-state index >= 15 is 0 Å². The van der Waals surface area contributed by atoms with Crippen LogP contribution in [0.4, 0.5) is 4.79 Å². The maximum absolute atomic E-state index is 11.3. The van der Waals surface area contributed by atoms with Gasteiger partial charge in [0.1, 0.15) is 0 Å². The molecule has 0 heterocycles. The third-order valence-corrected chi connectivity index (χ3v) is 1.94. The minimum absolute atomic E-state index is 0.0722. The predicted octanol–water partition coefficient (Wildman–Crippen LogP) is 1.40. The molecule has 0 aliphatic heterocycles. The van der Waals surface area contributed by atoms with Gasteiger partial charge in [-0.1, -0.05) is 22.5 Å². The van der Waals surface area contributed by atoms with E-state index in [1.165, 1.54) is 4.90 Å². The van der Waals surface area contributed by atoms with Crippen LogP contribution in [0.3, 0.4) is 0 Å². The molecule has 0 bridgehead atoms. The SMILES string of the molecule is C=C(Br)CNC(=O)N(C)CCCC(=O)O. The van der Waals surface area contributed by atoms with Crippen LogP contribution in [0.25, 0.3) is 0 Å². The summed E-state index contributed by atoms with van der Waals surface area (Å²) in [5.41, 5.74) is 0. The first kappa shape index (κ1) is 14.0. The molecule has 6 heteroatoms. The molecule has 86 valence electrons. The predicted molar refractivity (Wildman–Crippen MR) is 61.0 cm³/mol. The van der Waals surface area contributed by atoms with E-state index in [1.54, 1.807) is 7.05 Å². The number of urea groups is 1. The van der Waals surface area contributed by atoms with Gasteiger partial charge in [-0.25, -0.2) is 4.79 Å². The van der Waals surface area contributed by atoms with Gasteiger partial charge in [0.25, 0.3) is 0 Å². The van der Waals surface area contributed by atoms with Gasteiger partial charge in [-0.15, -0.1) is 0 Å². The molecule has 0 aliphatic rings. The second kappa shape index (κ2) is 7.28. The van der Waals surface area contributed by atoms with Crippen molar-refractivity contribution in [2.75, 3.05) is 20.1 Å². The summed E-state index contributed by atoms with van der Waals surface area (Å²) in [6, 6.07) is -0.235. The third-order valence-electron chi connectivity index (χ3n) is 1.66. The number of hydrogen-bond acceptors (Lipinski definition) is 2. The van der Waals surface area contributed by atoms with E-state index in [9.17, 15) is 9.59 Å². The lowest BCUT2D eigenvalue weighted by Gasteiger charge is -2.17. The summed E-state index contributed by atoms with van der Waals surface area (Å²) in [4.78, 5) is 23.0. The largest absolute Gasteiger partial charge is 0.481 e. The second-order valence-corrected chi connectivity index (χ2v) is 4.22. The summed E-state index contributed by atoms with van der Waals surface area (Å²) in [5, 5.41) is 11.0. The molecule has 0 radical (unpaired) electrons. The lowest BCUT2D eigenvalue weighted by atomic mass is 10.3. The number of amides is 2. The minimum Gasteiger partial charge on any atom is -0.481 e. The first-order chi connectivity index (χ1) is 6.93. The highest BCUT2D eigenvalue weighted by Gasteiger charge is 2.07. The average molecular weight is 279 g/mol. The van der Waals surface area contributed by atoms with Crippen molar-refractivity contribution in [3.8, 4) is 0 Å². The molecule has 2 N–H and O–H groups in total. The molecule has 0 saturated heterocycles. The lowest BCUT2D eigenvalue weighted by Crippen LogP contribution is -2.38. The van der Waals surface area contributed by atoms with E-state index in [2.05, 4.69) is 27.8 Å². The highest BCUT2D eigenvalue weighted by Crippen LogP contribution is 1.98. The first-order valence-corrected chi connectivity index (χ1v) is 5.27. The van der Waals surface area contributed by atoms with Gasteiger partial charge < -0.3 is 15.3 Å². The van der Waals surface area contributed by atoms with Gasteiger partial charge in [0.15, 0.2) is 0 Å². The van der Waals surface area contributed by atoms with E-state index in [1.807, 2.05) is 0 Å². The zero-order valence-corrected chi connectivity index (χ0v) is 10.2. The number of hydrogen-bond donors (Lipinski definition) is 2. The van der Waals surface area contributed by atoms with Crippen LogP contribution < -0.4 is 5.32 Å². The number of aliphatic carboxylic acids is 1. The molecule has 2 amide bonds. The molecule has 0 aliphatic carbocycles. The van der Waals surface area contributed by atoms with Crippen LogP contribution in [0.5, 0.6) is 0 Å². The van der Waals surface area contributed by atoms with Crippen molar-refractivity contribution in [2.24, 2.45) is 0 Å². The summed E-state index contributed by atoms with van der Waals surface area (Å²) >= 11 is 3.12. The molecule has 0 rings (SSSR count). The molecule has 15 heavy (non-hydrogen) atoms. The number of halogens is 1. The van der Waals surface area contributed by atoms with E-state index in [0.29, 0.717) is 24.0 Å². The highest BCUT2D eigenvalue weighted by molar-refractivity contribution is 9.11. The molecule has 0 aromatic rings. The van der Waals surface area contributed by atoms with E-state index in [4.69, 9.17) is 5.11 Å². The van der Waals surface area contributed by atoms with Gasteiger partial charge in [-0.2, -0.15) is 0 Å². The zero-order valence-electron chi connectivity index (χ0n) is 8.62. The number of carboxylic acid groups (broad SMARTS) is 1. The Kier molecular flexibility index (Phi) is 6.77. The fourth-order valence-electron chi connectivity index (χ4n) is 0.875. The molecule has 0 spiro atoms. The number of carbonyl (C=O) groups excluding carboxylic acids is 1. The summed E-state index contributed by atoms with van der Waals surface area (Å²) in [7, 11) is 1.62. The standard InChI is InChI=1S/C9H15BrN2O3/c1-7(10)6-11-9(15)12(2)5-3-4-8(13)14/h1,3-6H2,2H3,(H,11,15)(H,13,14). The van der Waals surface area contributed by atoms with Crippen LogP contribution in [0, 0.1) is 0 Å². The van der Waals surface area contributed by atoms with Gasteiger partial charge in [0.2, 0.25) is 0 Å². The summed E-state index contributed by atoms with van der Waals surface area (Å²) in [6.07, 6.45) is 0.525. The molecule has 0 fully saturated rings. The fourth-order valence-corrected chi connectivity index (χ4v) is 1.02. The molecule has 0 saturated carbocycles. The van der Waals surface area contributed by atoms with Gasteiger partial charge in [0, 0.05) is 24.5 Å². The third kappa shape index (κ3) is 7.99. The van der Waals surface area contributed by atoms with E-state index in [-0.39, 0.29) is 12.5 Å². The van der Waals surface area contributed by atoms with Crippen LogP contribution in [0.15, 0.2) is 11.1 Å². The van der Waals surface area contributed by atoms with Crippen LogP contribution >= 0.6 is 15.9 Å². The quantitative estimate of drug-likeness (QED) is 0.772. The first-order valence-electron chi connectivity index (χ1n) is 4.47. The number of carboxylic acids is 1. The highest BCUT2D eigenvalue weighted by atomic mass is 79.9. The number of carbonyl (C=O) groups is 2. The van der Waals surface area contributed by atoms with Crippen LogP contribution in [0.1, 0.15) is 12.8 Å². The van der Waals surface area contributed by atoms with Gasteiger partial charge in [-0.05, 0) is 6.42 Å². The van der Waals surface area contributed by atoms with Crippen molar-refractivity contribution in [1.82, 2.24) is 10.2 Å². The van der Waals surface area contributed by atoms with Gasteiger partial charge >= 0.3 is 12.0 Å². The molecule has 0 atom stereocenters. The Hall–Kier alpha value is -1.04. The Morgan fingerprint density at radius 1 is 1.53 bits per heavy atom. The maximum Gasteiger partial charge on any atom is 0.317 e. The number of nitrogens with zero attached hydrogens (tertiary/aromatic N) is 1. The zero-order chi connectivity index (χ0) is 11.8. The Labute approximate surface area is 97.3 Å².